The van der Waals surface area contributed by atoms with Crippen LogP contribution in [0.5, 0.6) is 0 Å². The number of carbonyl (C=O) groups excluding carboxylic acids is 1. The predicted molar refractivity (Wildman–Crippen MR) is 68.9 cm³/mol. The summed E-state index contributed by atoms with van der Waals surface area (Å²) in [5.41, 5.74) is 4.59. The molecule has 0 spiro atoms. The largest absolute Gasteiger partial charge is 0.409 e. The number of amides is 1. The molecule has 0 bridgehead atoms. The van der Waals surface area contributed by atoms with Crippen molar-refractivity contribution in [2.75, 3.05) is 6.54 Å². The van der Waals surface area contributed by atoms with Gasteiger partial charge < -0.3 is 15.8 Å². The van der Waals surface area contributed by atoms with Crippen LogP contribution in [0.4, 0.5) is 0 Å². The van der Waals surface area contributed by atoms with E-state index in [9.17, 15) is 4.79 Å². The van der Waals surface area contributed by atoms with Crippen molar-refractivity contribution in [3.8, 4) is 0 Å². The van der Waals surface area contributed by atoms with E-state index < -0.39 is 5.41 Å². The van der Waals surface area contributed by atoms with Gasteiger partial charge in [0.25, 0.3) is 0 Å². The third kappa shape index (κ3) is 3.91. The predicted octanol–water partition coefficient (Wildman–Crippen LogP) is 1.65. The Morgan fingerprint density at radius 1 is 1.35 bits per heavy atom. The quantitative estimate of drug-likeness (QED) is 0.333. The van der Waals surface area contributed by atoms with E-state index in [4.69, 9.17) is 10.9 Å². The summed E-state index contributed by atoms with van der Waals surface area (Å²) in [6.45, 7) is 12.0. The Balaban J connectivity index is 5.09. The molecule has 0 aliphatic carbocycles. The van der Waals surface area contributed by atoms with Gasteiger partial charge in [0.05, 0.1) is 0 Å². The van der Waals surface area contributed by atoms with Crippen molar-refractivity contribution in [3.63, 3.8) is 0 Å². The van der Waals surface area contributed by atoms with Gasteiger partial charge in [0, 0.05) is 12.6 Å². The Hall–Kier alpha value is -1.26. The van der Waals surface area contributed by atoms with Gasteiger partial charge in [-0.3, -0.25) is 4.79 Å². The summed E-state index contributed by atoms with van der Waals surface area (Å²) >= 11 is 0. The number of oxime groups is 1. The molecule has 0 aromatic rings. The molecule has 17 heavy (non-hydrogen) atoms. The first kappa shape index (κ1) is 15.7. The molecule has 0 saturated heterocycles. The Kier molecular flexibility index (Phi) is 5.45. The average molecular weight is 243 g/mol. The average Bonchev–Trinajstić information content (AvgIpc) is 2.22. The van der Waals surface area contributed by atoms with Crippen LogP contribution in [0, 0.1) is 11.3 Å². The van der Waals surface area contributed by atoms with Crippen LogP contribution in [0.15, 0.2) is 5.16 Å². The zero-order valence-corrected chi connectivity index (χ0v) is 11.7. The van der Waals surface area contributed by atoms with Gasteiger partial charge in [0.2, 0.25) is 5.91 Å². The zero-order chi connectivity index (χ0) is 13.8. The molecule has 0 rings (SSSR count). The topological polar surface area (TPSA) is 78.9 Å². The van der Waals surface area contributed by atoms with Crippen molar-refractivity contribution in [1.29, 1.82) is 0 Å². The fraction of sp³-hybridized carbons (Fsp3) is 0.833. The highest BCUT2D eigenvalue weighted by Crippen LogP contribution is 2.21. The minimum Gasteiger partial charge on any atom is -0.409 e. The second-order valence-electron chi connectivity index (χ2n) is 5.56. The molecule has 0 heterocycles. The Morgan fingerprint density at radius 3 is 2.12 bits per heavy atom. The number of nitrogens with zero attached hydrogens (tertiary/aromatic N) is 2. The maximum absolute atomic E-state index is 12.4. The minimum absolute atomic E-state index is 0.0584. The lowest BCUT2D eigenvalue weighted by Crippen LogP contribution is -2.51. The molecule has 0 aliphatic rings. The number of nitrogens with two attached hydrogens (primary N) is 1. The number of rotatable bonds is 5. The van der Waals surface area contributed by atoms with E-state index in [1.807, 2.05) is 13.8 Å². The summed E-state index contributed by atoms with van der Waals surface area (Å²) in [6.07, 6.45) is 0. The molecular formula is C12H25N3O2. The van der Waals surface area contributed by atoms with E-state index in [-0.39, 0.29) is 17.8 Å². The van der Waals surface area contributed by atoms with E-state index in [0.29, 0.717) is 12.5 Å². The van der Waals surface area contributed by atoms with Crippen molar-refractivity contribution in [3.05, 3.63) is 0 Å². The summed E-state index contributed by atoms with van der Waals surface area (Å²) in [5, 5.41) is 11.7. The van der Waals surface area contributed by atoms with Crippen LogP contribution in [0.2, 0.25) is 0 Å². The van der Waals surface area contributed by atoms with Crippen molar-refractivity contribution < 1.29 is 10.0 Å². The molecule has 0 radical (unpaired) electrons. The molecule has 0 atom stereocenters. The van der Waals surface area contributed by atoms with Gasteiger partial charge >= 0.3 is 0 Å². The van der Waals surface area contributed by atoms with Crippen molar-refractivity contribution in [1.82, 2.24) is 4.90 Å². The Labute approximate surface area is 104 Å². The molecule has 0 saturated carbocycles. The fourth-order valence-corrected chi connectivity index (χ4v) is 1.52. The summed E-state index contributed by atoms with van der Waals surface area (Å²) in [6, 6.07) is 0.0932. The van der Waals surface area contributed by atoms with E-state index in [1.54, 1.807) is 18.7 Å². The van der Waals surface area contributed by atoms with Crippen molar-refractivity contribution in [2.24, 2.45) is 22.2 Å². The SMILES string of the molecule is CC(C)CN(C(=O)C(C)(C)C(N)=NO)C(C)C. The van der Waals surface area contributed by atoms with Gasteiger partial charge in [0.1, 0.15) is 5.41 Å². The van der Waals surface area contributed by atoms with Crippen LogP contribution in [-0.2, 0) is 4.79 Å². The van der Waals surface area contributed by atoms with Gasteiger partial charge in [-0.25, -0.2) is 0 Å². The van der Waals surface area contributed by atoms with Gasteiger partial charge in [-0.2, -0.15) is 0 Å². The summed E-state index contributed by atoms with van der Waals surface area (Å²) < 4.78 is 0. The van der Waals surface area contributed by atoms with E-state index >= 15 is 0 Å². The van der Waals surface area contributed by atoms with Crippen LogP contribution in [-0.4, -0.2) is 34.4 Å². The first-order chi connectivity index (χ1) is 7.64. The summed E-state index contributed by atoms with van der Waals surface area (Å²) in [5.74, 6) is 0.206. The highest BCUT2D eigenvalue weighted by atomic mass is 16.4. The number of hydrogen-bond donors (Lipinski definition) is 2. The number of hydrogen-bond acceptors (Lipinski definition) is 3. The summed E-state index contributed by atoms with van der Waals surface area (Å²) in [7, 11) is 0. The molecule has 0 fully saturated rings. The molecule has 0 unspecified atom stereocenters. The Bertz CT molecular complexity index is 296. The van der Waals surface area contributed by atoms with Gasteiger partial charge in [-0.05, 0) is 33.6 Å². The van der Waals surface area contributed by atoms with Gasteiger partial charge in [-0.1, -0.05) is 19.0 Å². The minimum atomic E-state index is -0.978. The summed E-state index contributed by atoms with van der Waals surface area (Å²) in [4.78, 5) is 14.2. The van der Waals surface area contributed by atoms with Crippen LogP contribution in [0.1, 0.15) is 41.5 Å². The molecule has 1 amide bonds. The monoisotopic (exact) mass is 243 g/mol. The van der Waals surface area contributed by atoms with Crippen molar-refractivity contribution in [2.45, 2.75) is 47.6 Å². The van der Waals surface area contributed by atoms with Crippen LogP contribution >= 0.6 is 0 Å². The normalized spacial score (nSPS) is 13.3. The smallest absolute Gasteiger partial charge is 0.236 e. The van der Waals surface area contributed by atoms with Crippen molar-refractivity contribution >= 4 is 11.7 Å². The first-order valence-electron chi connectivity index (χ1n) is 5.93. The van der Waals surface area contributed by atoms with E-state index in [1.165, 1.54) is 0 Å². The lowest BCUT2D eigenvalue weighted by atomic mass is 9.89. The third-order valence-corrected chi connectivity index (χ3v) is 2.73. The van der Waals surface area contributed by atoms with E-state index in [2.05, 4.69) is 19.0 Å². The standard InChI is InChI=1S/C12H25N3O2/c1-8(2)7-15(9(3)4)11(16)12(5,6)10(13)14-17/h8-9,17H,7H2,1-6H3,(H2,13,14). The lowest BCUT2D eigenvalue weighted by molar-refractivity contribution is -0.139. The zero-order valence-electron chi connectivity index (χ0n) is 11.7. The van der Waals surface area contributed by atoms with Gasteiger partial charge in [0.15, 0.2) is 5.84 Å². The van der Waals surface area contributed by atoms with E-state index in [0.717, 1.165) is 0 Å². The van der Waals surface area contributed by atoms with Crippen LogP contribution in [0.3, 0.4) is 0 Å². The molecule has 0 aliphatic heterocycles. The molecule has 3 N–H and O–H groups in total. The highest BCUT2D eigenvalue weighted by molar-refractivity contribution is 6.05. The fourth-order valence-electron chi connectivity index (χ4n) is 1.52. The second-order valence-corrected chi connectivity index (χ2v) is 5.56. The van der Waals surface area contributed by atoms with Crippen LogP contribution in [0.25, 0.3) is 0 Å². The maximum Gasteiger partial charge on any atom is 0.236 e. The van der Waals surface area contributed by atoms with Crippen LogP contribution < -0.4 is 5.73 Å². The number of amidine groups is 1. The Morgan fingerprint density at radius 2 is 1.82 bits per heavy atom. The molecule has 5 nitrogen and oxygen atoms in total. The maximum atomic E-state index is 12.4. The highest BCUT2D eigenvalue weighted by Gasteiger charge is 2.37. The first-order valence-corrected chi connectivity index (χ1v) is 5.93. The third-order valence-electron chi connectivity index (χ3n) is 2.73. The van der Waals surface area contributed by atoms with Gasteiger partial charge in [-0.15, -0.1) is 0 Å². The second kappa shape index (κ2) is 5.89. The molecule has 0 aromatic heterocycles. The molecule has 5 heteroatoms. The molecular weight excluding hydrogens is 218 g/mol. The molecule has 0 aromatic carbocycles. The number of carbonyl (C=O) groups is 1. The molecule has 100 valence electrons. The lowest BCUT2D eigenvalue weighted by Gasteiger charge is -2.35.